The van der Waals surface area contributed by atoms with Gasteiger partial charge in [0, 0.05) is 17.8 Å². The van der Waals surface area contributed by atoms with E-state index in [1.807, 2.05) is 24.3 Å². The predicted octanol–water partition coefficient (Wildman–Crippen LogP) is 5.60. The lowest BCUT2D eigenvalue weighted by atomic mass is 10.1. The van der Waals surface area contributed by atoms with Crippen molar-refractivity contribution in [3.05, 3.63) is 84.9 Å². The zero-order valence-electron chi connectivity index (χ0n) is 14.2. The van der Waals surface area contributed by atoms with E-state index in [4.69, 9.17) is 4.74 Å². The molecule has 0 aliphatic carbocycles. The van der Waals surface area contributed by atoms with Gasteiger partial charge in [0.15, 0.2) is 6.23 Å². The SMILES string of the molecule is CCN(c1ccccc1)C(C)Oc1ccccc1-c1ccccc1. The molecule has 0 N–H and O–H groups in total. The van der Waals surface area contributed by atoms with Gasteiger partial charge in [0.05, 0.1) is 0 Å². The van der Waals surface area contributed by atoms with Crippen molar-refractivity contribution in [2.24, 2.45) is 0 Å². The van der Waals surface area contributed by atoms with Gasteiger partial charge < -0.3 is 9.64 Å². The van der Waals surface area contributed by atoms with Gasteiger partial charge in [-0.3, -0.25) is 0 Å². The zero-order chi connectivity index (χ0) is 16.8. The van der Waals surface area contributed by atoms with Crippen molar-refractivity contribution in [3.63, 3.8) is 0 Å². The standard InChI is InChI=1S/C22H23NO/c1-3-23(20-14-8-5-9-15-20)18(2)24-22-17-11-10-16-21(22)19-12-6-4-7-13-19/h4-18H,3H2,1-2H3. The van der Waals surface area contributed by atoms with Crippen molar-refractivity contribution >= 4 is 5.69 Å². The maximum absolute atomic E-state index is 6.33. The van der Waals surface area contributed by atoms with Gasteiger partial charge in [-0.15, -0.1) is 0 Å². The summed E-state index contributed by atoms with van der Waals surface area (Å²) in [5, 5.41) is 0. The van der Waals surface area contributed by atoms with Gasteiger partial charge >= 0.3 is 0 Å². The molecule has 0 radical (unpaired) electrons. The van der Waals surface area contributed by atoms with Gasteiger partial charge in [-0.05, 0) is 37.6 Å². The van der Waals surface area contributed by atoms with Crippen LogP contribution in [0.25, 0.3) is 11.1 Å². The molecule has 3 aromatic rings. The van der Waals surface area contributed by atoms with E-state index in [2.05, 4.69) is 79.4 Å². The van der Waals surface area contributed by atoms with Crippen LogP contribution in [-0.2, 0) is 0 Å². The molecule has 2 nitrogen and oxygen atoms in total. The maximum atomic E-state index is 6.33. The summed E-state index contributed by atoms with van der Waals surface area (Å²) in [6, 6.07) is 29.0. The third-order valence-electron chi connectivity index (χ3n) is 4.14. The third kappa shape index (κ3) is 3.60. The van der Waals surface area contributed by atoms with Crippen LogP contribution in [0.15, 0.2) is 84.9 Å². The maximum Gasteiger partial charge on any atom is 0.169 e. The first kappa shape index (κ1) is 16.1. The van der Waals surface area contributed by atoms with Gasteiger partial charge in [-0.25, -0.2) is 0 Å². The van der Waals surface area contributed by atoms with E-state index in [1.54, 1.807) is 0 Å². The molecule has 24 heavy (non-hydrogen) atoms. The Hall–Kier alpha value is -2.74. The van der Waals surface area contributed by atoms with Gasteiger partial charge in [-0.1, -0.05) is 66.7 Å². The molecule has 0 amide bonds. The molecule has 1 unspecified atom stereocenters. The summed E-state index contributed by atoms with van der Waals surface area (Å²) in [4.78, 5) is 2.25. The smallest absolute Gasteiger partial charge is 0.169 e. The number of hydrogen-bond acceptors (Lipinski definition) is 2. The topological polar surface area (TPSA) is 12.5 Å². The van der Waals surface area contributed by atoms with Gasteiger partial charge in [0.1, 0.15) is 5.75 Å². The highest BCUT2D eigenvalue weighted by atomic mass is 16.5. The van der Waals surface area contributed by atoms with E-state index < -0.39 is 0 Å². The van der Waals surface area contributed by atoms with Crippen LogP contribution in [-0.4, -0.2) is 12.8 Å². The summed E-state index contributed by atoms with van der Waals surface area (Å²) in [5.41, 5.74) is 3.46. The van der Waals surface area contributed by atoms with Crippen LogP contribution in [0.2, 0.25) is 0 Å². The van der Waals surface area contributed by atoms with Crippen molar-refractivity contribution in [1.82, 2.24) is 0 Å². The van der Waals surface area contributed by atoms with Crippen molar-refractivity contribution in [1.29, 1.82) is 0 Å². The van der Waals surface area contributed by atoms with Crippen molar-refractivity contribution in [2.45, 2.75) is 20.1 Å². The highest BCUT2D eigenvalue weighted by molar-refractivity contribution is 5.70. The zero-order valence-corrected chi connectivity index (χ0v) is 14.2. The molecule has 0 fully saturated rings. The molecule has 0 heterocycles. The number of rotatable bonds is 6. The first-order chi connectivity index (χ1) is 11.8. The highest BCUT2D eigenvalue weighted by Crippen LogP contribution is 2.31. The summed E-state index contributed by atoms with van der Waals surface area (Å²) in [6.45, 7) is 5.13. The van der Waals surface area contributed by atoms with E-state index in [1.165, 1.54) is 11.3 Å². The van der Waals surface area contributed by atoms with Gasteiger partial charge in [-0.2, -0.15) is 0 Å². The molecule has 0 aromatic heterocycles. The lowest BCUT2D eigenvalue weighted by Crippen LogP contribution is -2.37. The van der Waals surface area contributed by atoms with Gasteiger partial charge in [0.2, 0.25) is 0 Å². The molecule has 3 rings (SSSR count). The Kier molecular flexibility index (Phi) is 5.17. The van der Waals surface area contributed by atoms with Gasteiger partial charge in [0.25, 0.3) is 0 Å². The van der Waals surface area contributed by atoms with E-state index in [-0.39, 0.29) is 6.23 Å². The number of hydrogen-bond donors (Lipinski definition) is 0. The second-order valence-electron chi connectivity index (χ2n) is 5.70. The molecule has 0 saturated heterocycles. The first-order valence-corrected chi connectivity index (χ1v) is 8.42. The lowest BCUT2D eigenvalue weighted by molar-refractivity contribution is 0.217. The summed E-state index contributed by atoms with van der Waals surface area (Å²) in [7, 11) is 0. The van der Waals surface area contributed by atoms with Crippen molar-refractivity contribution < 1.29 is 4.74 Å². The average molecular weight is 317 g/mol. The number of benzene rings is 3. The number of para-hydroxylation sites is 2. The fourth-order valence-corrected chi connectivity index (χ4v) is 2.94. The number of ether oxygens (including phenoxy) is 1. The molecule has 3 aromatic carbocycles. The van der Waals surface area contributed by atoms with Crippen LogP contribution >= 0.6 is 0 Å². The number of anilines is 1. The summed E-state index contributed by atoms with van der Waals surface area (Å²) in [6.07, 6.45) is -0.0535. The van der Waals surface area contributed by atoms with Crippen LogP contribution in [0.3, 0.4) is 0 Å². The van der Waals surface area contributed by atoms with Crippen molar-refractivity contribution in [3.8, 4) is 16.9 Å². The number of nitrogens with zero attached hydrogens (tertiary/aromatic N) is 1. The minimum Gasteiger partial charge on any atom is -0.470 e. The Morgan fingerprint density at radius 2 is 1.38 bits per heavy atom. The second-order valence-corrected chi connectivity index (χ2v) is 5.70. The third-order valence-corrected chi connectivity index (χ3v) is 4.14. The van der Waals surface area contributed by atoms with Crippen molar-refractivity contribution in [2.75, 3.05) is 11.4 Å². The van der Waals surface area contributed by atoms with Crippen LogP contribution in [0, 0.1) is 0 Å². The largest absolute Gasteiger partial charge is 0.470 e. The Balaban J connectivity index is 1.86. The minimum atomic E-state index is -0.0535. The Morgan fingerprint density at radius 3 is 2.04 bits per heavy atom. The van der Waals surface area contributed by atoms with Crippen LogP contribution in [0.1, 0.15) is 13.8 Å². The Labute approximate surface area is 144 Å². The molecule has 0 saturated carbocycles. The van der Waals surface area contributed by atoms with E-state index in [0.717, 1.165) is 17.9 Å². The van der Waals surface area contributed by atoms with Crippen LogP contribution < -0.4 is 9.64 Å². The summed E-state index contributed by atoms with van der Waals surface area (Å²) >= 11 is 0. The Bertz CT molecular complexity index is 755. The highest BCUT2D eigenvalue weighted by Gasteiger charge is 2.16. The van der Waals surface area contributed by atoms with E-state index in [0.29, 0.717) is 0 Å². The molecule has 0 bridgehead atoms. The molecule has 122 valence electrons. The first-order valence-electron chi connectivity index (χ1n) is 8.42. The molecule has 0 aliphatic rings. The van der Waals surface area contributed by atoms with Crippen LogP contribution in [0.4, 0.5) is 5.69 Å². The monoisotopic (exact) mass is 317 g/mol. The minimum absolute atomic E-state index is 0.0535. The fourth-order valence-electron chi connectivity index (χ4n) is 2.94. The quantitative estimate of drug-likeness (QED) is 0.548. The lowest BCUT2D eigenvalue weighted by Gasteiger charge is -2.31. The normalized spacial score (nSPS) is 11.8. The molecule has 0 spiro atoms. The second kappa shape index (κ2) is 7.69. The Morgan fingerprint density at radius 1 is 0.792 bits per heavy atom. The molecule has 1 atom stereocenters. The molecule has 0 aliphatic heterocycles. The van der Waals surface area contributed by atoms with Crippen LogP contribution in [0.5, 0.6) is 5.75 Å². The predicted molar refractivity (Wildman–Crippen MR) is 101 cm³/mol. The van der Waals surface area contributed by atoms with E-state index in [9.17, 15) is 0 Å². The molecular formula is C22H23NO. The molecule has 2 heteroatoms. The summed E-state index contributed by atoms with van der Waals surface area (Å²) in [5.74, 6) is 0.908. The fraction of sp³-hybridized carbons (Fsp3) is 0.182. The molecular weight excluding hydrogens is 294 g/mol. The average Bonchev–Trinajstić information content (AvgIpc) is 2.64. The summed E-state index contributed by atoms with van der Waals surface area (Å²) < 4.78 is 6.33. The van der Waals surface area contributed by atoms with E-state index >= 15 is 0 Å².